The van der Waals surface area contributed by atoms with Gasteiger partial charge in [-0.25, -0.2) is 4.39 Å². The van der Waals surface area contributed by atoms with E-state index in [2.05, 4.69) is 9.47 Å². The second kappa shape index (κ2) is 6.01. The third-order valence-electron chi connectivity index (χ3n) is 2.40. The Labute approximate surface area is 107 Å². The first-order chi connectivity index (χ1) is 8.75. The maximum atomic E-state index is 13.3. The van der Waals surface area contributed by atoms with Gasteiger partial charge in [-0.15, -0.1) is 0 Å². The highest BCUT2D eigenvalue weighted by Gasteiger charge is 2.37. The average Bonchev–Trinajstić information content (AvgIpc) is 2.34. The molecule has 0 aliphatic rings. The maximum absolute atomic E-state index is 13.3. The van der Waals surface area contributed by atoms with Crippen LogP contribution in [-0.4, -0.2) is 31.8 Å². The minimum absolute atomic E-state index is 0.0545. The van der Waals surface area contributed by atoms with Crippen molar-refractivity contribution in [2.24, 2.45) is 0 Å². The summed E-state index contributed by atoms with van der Waals surface area (Å²) in [7, 11) is 1.26. The lowest BCUT2D eigenvalue weighted by molar-refractivity contribution is -0.210. The van der Waals surface area contributed by atoms with Gasteiger partial charge in [-0.3, -0.25) is 4.79 Å². The highest BCUT2D eigenvalue weighted by molar-refractivity contribution is 5.97. The van der Waals surface area contributed by atoms with Gasteiger partial charge in [-0.1, -0.05) is 0 Å². The molecule has 0 amide bonds. The van der Waals surface area contributed by atoms with Gasteiger partial charge in [0.05, 0.1) is 7.11 Å². The maximum Gasteiger partial charge on any atom is 0.414 e. The number of carbonyl (C=O) groups is 1. The highest BCUT2D eigenvalue weighted by atomic mass is 19.4. The molecule has 1 rings (SSSR count). The molecule has 1 aromatic carbocycles. The third kappa shape index (κ3) is 4.20. The van der Waals surface area contributed by atoms with Crippen LogP contribution in [0, 0.1) is 5.82 Å². The Kier molecular flexibility index (Phi) is 4.88. The number of alkyl halides is 3. The van der Waals surface area contributed by atoms with Crippen LogP contribution in [0.25, 0.3) is 0 Å². The summed E-state index contributed by atoms with van der Waals surface area (Å²) in [5.41, 5.74) is -0.0762. The Balaban J connectivity index is 2.67. The SMILES string of the molecule is COc1ccc(C(=O)COC(C)C(F)(F)F)cc1F. The average molecular weight is 280 g/mol. The van der Waals surface area contributed by atoms with E-state index in [0.29, 0.717) is 0 Å². The minimum Gasteiger partial charge on any atom is -0.494 e. The van der Waals surface area contributed by atoms with Crippen molar-refractivity contribution in [3.05, 3.63) is 29.6 Å². The first-order valence-corrected chi connectivity index (χ1v) is 5.30. The van der Waals surface area contributed by atoms with E-state index in [4.69, 9.17) is 0 Å². The van der Waals surface area contributed by atoms with Gasteiger partial charge >= 0.3 is 6.18 Å². The summed E-state index contributed by atoms with van der Waals surface area (Å²) in [5, 5.41) is 0. The summed E-state index contributed by atoms with van der Waals surface area (Å²) >= 11 is 0. The summed E-state index contributed by atoms with van der Waals surface area (Å²) in [6.07, 6.45) is -6.59. The van der Waals surface area contributed by atoms with Crippen molar-refractivity contribution in [2.75, 3.05) is 13.7 Å². The molecule has 0 aliphatic heterocycles. The van der Waals surface area contributed by atoms with Crippen molar-refractivity contribution in [3.63, 3.8) is 0 Å². The van der Waals surface area contributed by atoms with Crippen molar-refractivity contribution < 1.29 is 31.8 Å². The number of ketones is 1. The smallest absolute Gasteiger partial charge is 0.414 e. The van der Waals surface area contributed by atoms with Gasteiger partial charge in [0.1, 0.15) is 6.61 Å². The number of carbonyl (C=O) groups excluding carboxylic acids is 1. The van der Waals surface area contributed by atoms with Crippen LogP contribution in [0.5, 0.6) is 5.75 Å². The van der Waals surface area contributed by atoms with E-state index in [1.165, 1.54) is 19.2 Å². The first kappa shape index (κ1) is 15.4. The van der Waals surface area contributed by atoms with E-state index in [9.17, 15) is 22.4 Å². The second-order valence-corrected chi connectivity index (χ2v) is 3.77. The number of benzene rings is 1. The monoisotopic (exact) mass is 280 g/mol. The molecule has 0 aliphatic carbocycles. The van der Waals surface area contributed by atoms with Crippen molar-refractivity contribution in [1.29, 1.82) is 0 Å². The summed E-state index contributed by atoms with van der Waals surface area (Å²) in [5.74, 6) is -1.56. The van der Waals surface area contributed by atoms with Crippen molar-refractivity contribution in [3.8, 4) is 5.75 Å². The number of rotatable bonds is 5. The summed E-state index contributed by atoms with van der Waals surface area (Å²) in [6, 6.07) is 3.37. The molecule has 0 radical (unpaired) electrons. The topological polar surface area (TPSA) is 35.5 Å². The number of hydrogen-bond acceptors (Lipinski definition) is 3. The Morgan fingerprint density at radius 3 is 2.47 bits per heavy atom. The van der Waals surface area contributed by atoms with E-state index >= 15 is 0 Å². The van der Waals surface area contributed by atoms with Crippen LogP contribution >= 0.6 is 0 Å². The van der Waals surface area contributed by atoms with Crippen molar-refractivity contribution >= 4 is 5.78 Å². The van der Waals surface area contributed by atoms with Crippen LogP contribution in [0.15, 0.2) is 18.2 Å². The zero-order chi connectivity index (χ0) is 14.6. The van der Waals surface area contributed by atoms with E-state index in [1.54, 1.807) is 0 Å². The van der Waals surface area contributed by atoms with Crippen LogP contribution in [0.2, 0.25) is 0 Å². The molecule has 0 aromatic heterocycles. The predicted octanol–water partition coefficient (Wildman–Crippen LogP) is 2.98. The lowest BCUT2D eigenvalue weighted by Crippen LogP contribution is -2.30. The molecular weight excluding hydrogens is 268 g/mol. The molecule has 7 heteroatoms. The Morgan fingerprint density at radius 2 is 2.00 bits per heavy atom. The van der Waals surface area contributed by atoms with Gasteiger partial charge in [-0.05, 0) is 25.1 Å². The molecule has 0 saturated heterocycles. The summed E-state index contributed by atoms with van der Waals surface area (Å²) < 4.78 is 58.8. The normalized spacial score (nSPS) is 13.2. The third-order valence-corrected chi connectivity index (χ3v) is 2.40. The molecule has 19 heavy (non-hydrogen) atoms. The quantitative estimate of drug-likeness (QED) is 0.614. The molecule has 0 N–H and O–H groups in total. The van der Waals surface area contributed by atoms with Crippen molar-refractivity contribution in [2.45, 2.75) is 19.2 Å². The molecule has 0 saturated carbocycles. The summed E-state index contributed by atoms with van der Waals surface area (Å²) in [6.45, 7) is 0.0222. The molecule has 1 unspecified atom stereocenters. The lowest BCUT2D eigenvalue weighted by Gasteiger charge is -2.15. The zero-order valence-electron chi connectivity index (χ0n) is 10.3. The van der Waals surface area contributed by atoms with Gasteiger partial charge in [-0.2, -0.15) is 13.2 Å². The zero-order valence-corrected chi connectivity index (χ0v) is 10.3. The largest absolute Gasteiger partial charge is 0.494 e. The van der Waals surface area contributed by atoms with Crippen LogP contribution in [0.4, 0.5) is 17.6 Å². The fraction of sp³-hybridized carbons (Fsp3) is 0.417. The van der Waals surface area contributed by atoms with E-state index in [1.807, 2.05) is 0 Å². The molecule has 3 nitrogen and oxygen atoms in total. The first-order valence-electron chi connectivity index (χ1n) is 5.30. The van der Waals surface area contributed by atoms with Crippen LogP contribution in [0.3, 0.4) is 0 Å². The Morgan fingerprint density at radius 1 is 1.37 bits per heavy atom. The van der Waals surface area contributed by atoms with Crippen molar-refractivity contribution in [1.82, 2.24) is 0 Å². The summed E-state index contributed by atoms with van der Waals surface area (Å²) in [4.78, 5) is 11.5. The Bertz CT molecular complexity index is 457. The number of methoxy groups -OCH3 is 1. The molecule has 0 fully saturated rings. The van der Waals surface area contributed by atoms with Crippen LogP contribution < -0.4 is 4.74 Å². The molecule has 1 atom stereocenters. The van der Waals surface area contributed by atoms with E-state index < -0.39 is 30.5 Å². The minimum atomic E-state index is -4.54. The molecule has 0 spiro atoms. The fourth-order valence-corrected chi connectivity index (χ4v) is 1.22. The number of halogens is 4. The molecule has 1 aromatic rings. The van der Waals surface area contributed by atoms with Gasteiger partial charge in [0.25, 0.3) is 0 Å². The fourth-order valence-electron chi connectivity index (χ4n) is 1.22. The Hall–Kier alpha value is -1.63. The number of Topliss-reactive ketones (excluding diaryl/α,β-unsaturated/α-hetero) is 1. The van der Waals surface area contributed by atoms with E-state index in [-0.39, 0.29) is 11.3 Å². The number of hydrogen-bond donors (Lipinski definition) is 0. The molecular formula is C12H12F4O3. The van der Waals surface area contributed by atoms with Gasteiger partial charge in [0.2, 0.25) is 0 Å². The van der Waals surface area contributed by atoms with Gasteiger partial charge < -0.3 is 9.47 Å². The molecule has 0 heterocycles. The molecule has 0 bridgehead atoms. The van der Waals surface area contributed by atoms with Crippen LogP contribution in [0.1, 0.15) is 17.3 Å². The molecule has 106 valence electrons. The van der Waals surface area contributed by atoms with Gasteiger partial charge in [0, 0.05) is 5.56 Å². The lowest BCUT2D eigenvalue weighted by atomic mass is 10.1. The standard InChI is InChI=1S/C12H12F4O3/c1-7(12(14,15)16)19-6-10(17)8-3-4-11(18-2)9(13)5-8/h3-5,7H,6H2,1-2H3. The highest BCUT2D eigenvalue weighted by Crippen LogP contribution is 2.23. The predicted molar refractivity (Wildman–Crippen MR) is 58.8 cm³/mol. The van der Waals surface area contributed by atoms with E-state index in [0.717, 1.165) is 13.0 Å². The second-order valence-electron chi connectivity index (χ2n) is 3.77. The van der Waals surface area contributed by atoms with Crippen LogP contribution in [-0.2, 0) is 4.74 Å². The number of ether oxygens (including phenoxy) is 2. The van der Waals surface area contributed by atoms with Gasteiger partial charge in [0.15, 0.2) is 23.5 Å².